The van der Waals surface area contributed by atoms with Gasteiger partial charge in [-0.3, -0.25) is 9.36 Å². The molecule has 0 radical (unpaired) electrons. The second kappa shape index (κ2) is 7.33. The van der Waals surface area contributed by atoms with Crippen molar-refractivity contribution in [1.82, 2.24) is 24.1 Å². The highest BCUT2D eigenvalue weighted by molar-refractivity contribution is 6.31. The summed E-state index contributed by atoms with van der Waals surface area (Å²) in [4.78, 5) is 21.9. The van der Waals surface area contributed by atoms with Crippen LogP contribution in [0.4, 0.5) is 13.2 Å². The van der Waals surface area contributed by atoms with Crippen LogP contribution < -0.4 is 5.56 Å². The molecule has 1 aliphatic rings. The Balaban J connectivity index is 1.63. The van der Waals surface area contributed by atoms with Crippen molar-refractivity contribution in [1.29, 1.82) is 0 Å². The fourth-order valence-corrected chi connectivity index (χ4v) is 4.38. The molecule has 6 nitrogen and oxygen atoms in total. The Hall–Kier alpha value is -2.94. The van der Waals surface area contributed by atoms with Crippen LogP contribution in [0, 0.1) is 0 Å². The summed E-state index contributed by atoms with van der Waals surface area (Å²) in [6.07, 6.45) is 3.74. The molecule has 0 bridgehead atoms. The van der Waals surface area contributed by atoms with Crippen LogP contribution in [0.2, 0.25) is 5.02 Å². The Morgan fingerprint density at radius 1 is 1.10 bits per heavy atom. The van der Waals surface area contributed by atoms with Crippen molar-refractivity contribution in [3.05, 3.63) is 63.4 Å². The fourth-order valence-electron chi connectivity index (χ4n) is 4.15. The summed E-state index contributed by atoms with van der Waals surface area (Å²) in [7, 11) is 0. The van der Waals surface area contributed by atoms with Crippen molar-refractivity contribution in [2.24, 2.45) is 0 Å². The van der Waals surface area contributed by atoms with Gasteiger partial charge < -0.3 is 0 Å². The van der Waals surface area contributed by atoms with Gasteiger partial charge in [0.2, 0.25) is 0 Å². The fraction of sp³-hybridized carbons (Fsp3) is 0.333. The molecule has 0 amide bonds. The summed E-state index contributed by atoms with van der Waals surface area (Å²) in [5.41, 5.74) is -0.936. The third-order valence-electron chi connectivity index (χ3n) is 5.75. The van der Waals surface area contributed by atoms with E-state index in [0.29, 0.717) is 11.3 Å². The summed E-state index contributed by atoms with van der Waals surface area (Å²) in [5, 5.41) is 4.40. The Morgan fingerprint density at radius 2 is 1.87 bits per heavy atom. The Labute approximate surface area is 179 Å². The molecule has 0 spiro atoms. The zero-order valence-corrected chi connectivity index (χ0v) is 17.0. The van der Waals surface area contributed by atoms with Crippen LogP contribution in [0.3, 0.4) is 0 Å². The number of hydrogen-bond donors (Lipinski definition) is 0. The van der Waals surface area contributed by atoms with Gasteiger partial charge in [0, 0.05) is 24.0 Å². The minimum absolute atomic E-state index is 0.0604. The molecule has 31 heavy (non-hydrogen) atoms. The van der Waals surface area contributed by atoms with Crippen molar-refractivity contribution >= 4 is 28.3 Å². The van der Waals surface area contributed by atoms with E-state index in [4.69, 9.17) is 11.6 Å². The van der Waals surface area contributed by atoms with Crippen molar-refractivity contribution < 1.29 is 13.2 Å². The zero-order valence-electron chi connectivity index (χ0n) is 16.2. The van der Waals surface area contributed by atoms with E-state index in [1.807, 2.05) is 0 Å². The molecule has 0 saturated heterocycles. The number of rotatable bonds is 2. The lowest BCUT2D eigenvalue weighted by Gasteiger charge is -2.17. The Kier molecular flexibility index (Phi) is 4.73. The van der Waals surface area contributed by atoms with Gasteiger partial charge in [-0.25, -0.2) is 4.98 Å². The monoisotopic (exact) mass is 447 g/mol. The van der Waals surface area contributed by atoms with Crippen molar-refractivity contribution in [3.63, 3.8) is 0 Å². The van der Waals surface area contributed by atoms with Crippen molar-refractivity contribution in [3.8, 4) is 5.69 Å². The maximum absolute atomic E-state index is 13.2. The van der Waals surface area contributed by atoms with Gasteiger partial charge in [0.15, 0.2) is 5.82 Å². The molecule has 4 aromatic rings. The SMILES string of the molecule is O=c1c2cnc3nc(C4CCCCC4)nn3c2ccn1-c1ccc(Cl)c(C(F)(F)F)c1. The van der Waals surface area contributed by atoms with Crippen molar-refractivity contribution in [2.45, 2.75) is 44.2 Å². The van der Waals surface area contributed by atoms with E-state index in [-0.39, 0.29) is 17.0 Å². The predicted molar refractivity (Wildman–Crippen MR) is 110 cm³/mol. The van der Waals surface area contributed by atoms with Gasteiger partial charge in [-0.05, 0) is 37.1 Å². The van der Waals surface area contributed by atoms with E-state index in [0.717, 1.165) is 48.2 Å². The van der Waals surface area contributed by atoms with Crippen LogP contribution in [-0.2, 0) is 6.18 Å². The van der Waals surface area contributed by atoms with E-state index in [9.17, 15) is 18.0 Å². The van der Waals surface area contributed by atoms with E-state index >= 15 is 0 Å². The summed E-state index contributed by atoms with van der Waals surface area (Å²) < 4.78 is 42.4. The van der Waals surface area contributed by atoms with Gasteiger partial charge in [0.05, 0.1) is 21.5 Å². The largest absolute Gasteiger partial charge is 0.417 e. The van der Waals surface area contributed by atoms with Gasteiger partial charge in [-0.1, -0.05) is 30.9 Å². The molecular weight excluding hydrogens is 431 g/mol. The molecule has 1 saturated carbocycles. The van der Waals surface area contributed by atoms with E-state index < -0.39 is 22.3 Å². The second-order valence-corrected chi connectivity index (χ2v) is 8.13. The molecule has 0 unspecified atom stereocenters. The third kappa shape index (κ3) is 3.46. The topological polar surface area (TPSA) is 65.1 Å². The number of nitrogens with zero attached hydrogens (tertiary/aromatic N) is 5. The van der Waals surface area contributed by atoms with Gasteiger partial charge >= 0.3 is 6.18 Å². The standard InChI is InChI=1S/C21H17ClF3N5O/c22-16-7-6-13(10-15(16)21(23,24)25)29-9-8-17-14(19(29)31)11-26-20-27-18(28-30(17)20)12-4-2-1-3-5-12/h6-12H,1-5H2. The first kappa shape index (κ1) is 20.0. The first-order valence-corrected chi connectivity index (χ1v) is 10.3. The molecule has 0 atom stereocenters. The highest BCUT2D eigenvalue weighted by Crippen LogP contribution is 2.36. The number of pyridine rings is 1. The van der Waals surface area contributed by atoms with Crippen LogP contribution in [0.5, 0.6) is 0 Å². The molecule has 1 aliphatic carbocycles. The molecule has 1 aromatic carbocycles. The lowest BCUT2D eigenvalue weighted by atomic mass is 9.89. The molecule has 3 aromatic heterocycles. The first-order chi connectivity index (χ1) is 14.8. The van der Waals surface area contributed by atoms with Crippen LogP contribution in [0.25, 0.3) is 22.4 Å². The Morgan fingerprint density at radius 3 is 2.61 bits per heavy atom. The highest BCUT2D eigenvalue weighted by Gasteiger charge is 2.33. The van der Waals surface area contributed by atoms with Crippen LogP contribution >= 0.6 is 11.6 Å². The zero-order chi connectivity index (χ0) is 21.8. The third-order valence-corrected chi connectivity index (χ3v) is 6.08. The number of benzene rings is 1. The van der Waals surface area contributed by atoms with E-state index in [1.165, 1.54) is 29.4 Å². The van der Waals surface area contributed by atoms with Gasteiger partial charge in [0.1, 0.15) is 0 Å². The Bertz CT molecular complexity index is 1360. The summed E-state index contributed by atoms with van der Waals surface area (Å²) in [6, 6.07) is 4.99. The van der Waals surface area contributed by atoms with E-state index in [1.54, 1.807) is 6.07 Å². The lowest BCUT2D eigenvalue weighted by molar-refractivity contribution is -0.137. The summed E-state index contributed by atoms with van der Waals surface area (Å²) in [6.45, 7) is 0. The first-order valence-electron chi connectivity index (χ1n) is 9.97. The number of aromatic nitrogens is 5. The van der Waals surface area contributed by atoms with Crippen molar-refractivity contribution in [2.75, 3.05) is 0 Å². The molecule has 0 N–H and O–H groups in total. The average molecular weight is 448 g/mol. The van der Waals surface area contributed by atoms with Gasteiger partial charge in [0.25, 0.3) is 11.3 Å². The second-order valence-electron chi connectivity index (χ2n) is 7.73. The van der Waals surface area contributed by atoms with Crippen LogP contribution in [0.1, 0.15) is 49.4 Å². The van der Waals surface area contributed by atoms with E-state index in [2.05, 4.69) is 15.1 Å². The van der Waals surface area contributed by atoms with Gasteiger partial charge in [-0.2, -0.15) is 22.7 Å². The lowest BCUT2D eigenvalue weighted by Crippen LogP contribution is -2.19. The molecule has 160 valence electrons. The number of hydrogen-bond acceptors (Lipinski definition) is 4. The number of alkyl halides is 3. The van der Waals surface area contributed by atoms with Crippen LogP contribution in [-0.4, -0.2) is 24.1 Å². The number of fused-ring (bicyclic) bond motifs is 3. The highest BCUT2D eigenvalue weighted by atomic mass is 35.5. The maximum atomic E-state index is 13.2. The maximum Gasteiger partial charge on any atom is 0.417 e. The molecule has 5 rings (SSSR count). The quantitative estimate of drug-likeness (QED) is 0.426. The van der Waals surface area contributed by atoms with Crippen LogP contribution in [0.15, 0.2) is 41.5 Å². The summed E-state index contributed by atoms with van der Waals surface area (Å²) in [5.74, 6) is 1.40. The normalized spacial score (nSPS) is 15.7. The molecule has 0 aliphatic heterocycles. The number of halogens is 4. The smallest absolute Gasteiger partial charge is 0.284 e. The van der Waals surface area contributed by atoms with Gasteiger partial charge in [-0.15, -0.1) is 5.10 Å². The molecule has 10 heteroatoms. The molecular formula is C21H17ClF3N5O. The predicted octanol–water partition coefficient (Wildman–Crippen LogP) is 5.15. The summed E-state index contributed by atoms with van der Waals surface area (Å²) >= 11 is 5.70. The minimum Gasteiger partial charge on any atom is -0.284 e. The molecule has 3 heterocycles. The molecule has 1 fully saturated rings. The average Bonchev–Trinajstić information content (AvgIpc) is 3.19. The minimum atomic E-state index is -4.63.